The van der Waals surface area contributed by atoms with E-state index < -0.39 is 0 Å². The van der Waals surface area contributed by atoms with Crippen LogP contribution in [0, 0.1) is 0 Å². The summed E-state index contributed by atoms with van der Waals surface area (Å²) in [6, 6.07) is 1.67. The molecule has 1 fully saturated rings. The van der Waals surface area contributed by atoms with Gasteiger partial charge < -0.3 is 15.8 Å². The number of nitrogens with zero attached hydrogens (tertiary/aromatic N) is 2. The third-order valence-corrected chi connectivity index (χ3v) is 2.97. The van der Waals surface area contributed by atoms with Crippen molar-refractivity contribution in [2.45, 2.75) is 25.3 Å². The standard InChI is InChI=1S/C10H15BrN4O/c1-10(3-2-4-16-6-10)15-9-13-7(11)5-8(12)14-9/h5H,2-4,6H2,1H3,(H3,12,13,14,15). The molecule has 0 amide bonds. The van der Waals surface area contributed by atoms with Gasteiger partial charge in [0.15, 0.2) is 0 Å². The summed E-state index contributed by atoms with van der Waals surface area (Å²) in [5.74, 6) is 0.990. The van der Waals surface area contributed by atoms with Gasteiger partial charge >= 0.3 is 0 Å². The van der Waals surface area contributed by atoms with Crippen LogP contribution in [0.15, 0.2) is 10.7 Å². The summed E-state index contributed by atoms with van der Waals surface area (Å²) in [6.45, 7) is 3.61. The molecule has 0 bridgehead atoms. The fourth-order valence-corrected chi connectivity index (χ4v) is 2.20. The number of ether oxygens (including phenoxy) is 1. The van der Waals surface area contributed by atoms with Crippen LogP contribution in [0.1, 0.15) is 19.8 Å². The molecule has 1 aliphatic heterocycles. The van der Waals surface area contributed by atoms with Crippen molar-refractivity contribution < 1.29 is 4.74 Å². The Hall–Kier alpha value is -0.880. The van der Waals surface area contributed by atoms with Gasteiger partial charge in [-0.2, -0.15) is 4.98 Å². The van der Waals surface area contributed by atoms with Crippen LogP contribution in [0.5, 0.6) is 0 Å². The number of aromatic nitrogens is 2. The van der Waals surface area contributed by atoms with Crippen molar-refractivity contribution in [3.05, 3.63) is 10.7 Å². The largest absolute Gasteiger partial charge is 0.383 e. The van der Waals surface area contributed by atoms with E-state index in [0.717, 1.165) is 19.4 Å². The lowest BCUT2D eigenvalue weighted by atomic mass is 9.95. The van der Waals surface area contributed by atoms with Crippen molar-refractivity contribution >= 4 is 27.7 Å². The van der Waals surface area contributed by atoms with Crippen molar-refractivity contribution in [2.75, 3.05) is 24.3 Å². The molecule has 1 unspecified atom stereocenters. The average molecular weight is 287 g/mol. The number of hydrogen-bond acceptors (Lipinski definition) is 5. The second-order valence-electron chi connectivity index (χ2n) is 4.28. The van der Waals surface area contributed by atoms with Crippen LogP contribution in [0.2, 0.25) is 0 Å². The van der Waals surface area contributed by atoms with Gasteiger partial charge in [-0.25, -0.2) is 4.98 Å². The maximum absolute atomic E-state index is 5.66. The first kappa shape index (κ1) is 11.6. The Balaban J connectivity index is 2.13. The molecular weight excluding hydrogens is 272 g/mol. The molecule has 0 aromatic carbocycles. The van der Waals surface area contributed by atoms with Crippen molar-refractivity contribution in [1.82, 2.24) is 9.97 Å². The van der Waals surface area contributed by atoms with E-state index in [-0.39, 0.29) is 5.54 Å². The lowest BCUT2D eigenvalue weighted by molar-refractivity contribution is 0.0537. The molecular formula is C10H15BrN4O. The zero-order valence-corrected chi connectivity index (χ0v) is 10.7. The van der Waals surface area contributed by atoms with Crippen LogP contribution in [-0.2, 0) is 4.74 Å². The Labute approximate surface area is 103 Å². The molecule has 0 spiro atoms. The van der Waals surface area contributed by atoms with E-state index >= 15 is 0 Å². The highest BCUT2D eigenvalue weighted by Gasteiger charge is 2.28. The molecule has 2 rings (SSSR count). The van der Waals surface area contributed by atoms with Crippen LogP contribution >= 0.6 is 15.9 Å². The van der Waals surface area contributed by atoms with Crippen LogP contribution in [0.4, 0.5) is 11.8 Å². The van der Waals surface area contributed by atoms with Gasteiger partial charge in [0.1, 0.15) is 10.4 Å². The monoisotopic (exact) mass is 286 g/mol. The maximum Gasteiger partial charge on any atom is 0.226 e. The third-order valence-electron chi connectivity index (χ3n) is 2.57. The number of nitrogens with one attached hydrogen (secondary N) is 1. The van der Waals surface area contributed by atoms with Crippen LogP contribution in [0.3, 0.4) is 0 Å². The van der Waals surface area contributed by atoms with E-state index in [1.165, 1.54) is 0 Å². The summed E-state index contributed by atoms with van der Waals surface area (Å²) in [4.78, 5) is 8.38. The Morgan fingerprint density at radius 2 is 2.38 bits per heavy atom. The van der Waals surface area contributed by atoms with Gasteiger partial charge in [0.05, 0.1) is 12.1 Å². The molecule has 1 atom stereocenters. The van der Waals surface area contributed by atoms with Gasteiger partial charge in [0.25, 0.3) is 0 Å². The predicted octanol–water partition coefficient (Wildman–Crippen LogP) is 1.80. The summed E-state index contributed by atoms with van der Waals surface area (Å²) in [5, 5.41) is 3.28. The van der Waals surface area contributed by atoms with E-state index in [1.807, 2.05) is 0 Å². The lowest BCUT2D eigenvalue weighted by Gasteiger charge is -2.34. The second-order valence-corrected chi connectivity index (χ2v) is 5.09. The first-order valence-electron chi connectivity index (χ1n) is 5.23. The van der Waals surface area contributed by atoms with E-state index in [9.17, 15) is 0 Å². The quantitative estimate of drug-likeness (QED) is 0.811. The average Bonchev–Trinajstić information content (AvgIpc) is 2.15. The highest BCUT2D eigenvalue weighted by atomic mass is 79.9. The fourth-order valence-electron chi connectivity index (χ4n) is 1.79. The molecule has 1 aliphatic rings. The molecule has 0 radical (unpaired) electrons. The molecule has 88 valence electrons. The summed E-state index contributed by atoms with van der Waals surface area (Å²) in [6.07, 6.45) is 2.09. The van der Waals surface area contributed by atoms with E-state index in [4.69, 9.17) is 10.5 Å². The summed E-state index contributed by atoms with van der Waals surface area (Å²) >= 11 is 3.29. The zero-order chi connectivity index (χ0) is 11.6. The SMILES string of the molecule is CC1(Nc2nc(N)cc(Br)n2)CCCOC1. The van der Waals surface area contributed by atoms with Crippen LogP contribution < -0.4 is 11.1 Å². The maximum atomic E-state index is 5.66. The first-order chi connectivity index (χ1) is 7.57. The first-order valence-corrected chi connectivity index (χ1v) is 6.03. The summed E-state index contributed by atoms with van der Waals surface area (Å²) in [7, 11) is 0. The molecule has 1 saturated heterocycles. The second kappa shape index (κ2) is 4.55. The van der Waals surface area contributed by atoms with E-state index in [1.54, 1.807) is 6.07 Å². The number of rotatable bonds is 2. The molecule has 0 aliphatic carbocycles. The topological polar surface area (TPSA) is 73.1 Å². The predicted molar refractivity (Wildman–Crippen MR) is 66.2 cm³/mol. The van der Waals surface area contributed by atoms with Crippen LogP contribution in [-0.4, -0.2) is 28.7 Å². The smallest absolute Gasteiger partial charge is 0.226 e. The minimum absolute atomic E-state index is 0.106. The van der Waals surface area contributed by atoms with Gasteiger partial charge in [-0.3, -0.25) is 0 Å². The van der Waals surface area contributed by atoms with E-state index in [0.29, 0.717) is 23.0 Å². The molecule has 2 heterocycles. The zero-order valence-electron chi connectivity index (χ0n) is 9.16. The lowest BCUT2D eigenvalue weighted by Crippen LogP contribution is -2.43. The van der Waals surface area contributed by atoms with Crippen molar-refractivity contribution in [3.63, 3.8) is 0 Å². The Morgan fingerprint density at radius 1 is 1.56 bits per heavy atom. The third kappa shape index (κ3) is 2.82. The highest BCUT2D eigenvalue weighted by Crippen LogP contribution is 2.23. The minimum Gasteiger partial charge on any atom is -0.383 e. The summed E-state index contributed by atoms with van der Waals surface area (Å²) in [5.41, 5.74) is 5.55. The molecule has 6 heteroatoms. The molecule has 5 nitrogen and oxygen atoms in total. The Kier molecular flexibility index (Phi) is 3.30. The molecule has 1 aromatic rings. The van der Waals surface area contributed by atoms with Crippen LogP contribution in [0.25, 0.3) is 0 Å². The van der Waals surface area contributed by atoms with Gasteiger partial charge in [0.2, 0.25) is 5.95 Å². The van der Waals surface area contributed by atoms with Gasteiger partial charge in [-0.15, -0.1) is 0 Å². The highest BCUT2D eigenvalue weighted by molar-refractivity contribution is 9.10. The molecule has 16 heavy (non-hydrogen) atoms. The number of hydrogen-bond donors (Lipinski definition) is 2. The number of halogens is 1. The normalized spacial score (nSPS) is 25.4. The van der Waals surface area contributed by atoms with Gasteiger partial charge in [-0.1, -0.05) is 0 Å². The van der Waals surface area contributed by atoms with Crippen molar-refractivity contribution in [2.24, 2.45) is 0 Å². The van der Waals surface area contributed by atoms with Gasteiger partial charge in [0, 0.05) is 12.7 Å². The molecule has 0 saturated carbocycles. The Bertz CT molecular complexity index is 359. The minimum atomic E-state index is -0.106. The molecule has 3 N–H and O–H groups in total. The fraction of sp³-hybridized carbons (Fsp3) is 0.600. The van der Waals surface area contributed by atoms with Crippen molar-refractivity contribution in [3.8, 4) is 0 Å². The number of anilines is 2. The summed E-state index contributed by atoms with van der Waals surface area (Å²) < 4.78 is 6.14. The number of nitrogen functional groups attached to an aromatic ring is 1. The Morgan fingerprint density at radius 3 is 3.00 bits per heavy atom. The number of nitrogens with two attached hydrogens (primary N) is 1. The van der Waals surface area contributed by atoms with Crippen molar-refractivity contribution in [1.29, 1.82) is 0 Å². The van der Waals surface area contributed by atoms with E-state index in [2.05, 4.69) is 38.1 Å². The molecule has 1 aromatic heterocycles. The van der Waals surface area contributed by atoms with Gasteiger partial charge in [-0.05, 0) is 35.7 Å².